The molecule has 1 unspecified atom stereocenters. The summed E-state index contributed by atoms with van der Waals surface area (Å²) in [6.45, 7) is 1.95. The minimum Gasteiger partial charge on any atom is -0.457 e. The van der Waals surface area contributed by atoms with Gasteiger partial charge in [-0.15, -0.1) is 11.3 Å². The summed E-state index contributed by atoms with van der Waals surface area (Å²) in [5.74, 6) is 0.710. The highest BCUT2D eigenvalue weighted by molar-refractivity contribution is 7.11. The molecule has 0 fully saturated rings. The van der Waals surface area contributed by atoms with E-state index in [1.165, 1.54) is 0 Å². The topological polar surface area (TPSA) is 52.0 Å². The molecule has 3 nitrogen and oxygen atoms in total. The molecule has 0 bridgehead atoms. The van der Waals surface area contributed by atoms with E-state index >= 15 is 0 Å². The highest BCUT2D eigenvalue weighted by Gasteiger charge is 2.17. The van der Waals surface area contributed by atoms with Gasteiger partial charge in [0.2, 0.25) is 0 Å². The summed E-state index contributed by atoms with van der Waals surface area (Å²) in [5, 5.41) is 2.57. The minimum atomic E-state index is -0.292. The third kappa shape index (κ3) is 1.92. The van der Waals surface area contributed by atoms with Crippen LogP contribution in [0.25, 0.3) is 11.0 Å². The van der Waals surface area contributed by atoms with Crippen LogP contribution in [0, 0.1) is 6.92 Å². The number of furan rings is 1. The summed E-state index contributed by atoms with van der Waals surface area (Å²) >= 11 is 7.66. The van der Waals surface area contributed by atoms with Crippen molar-refractivity contribution in [1.82, 2.24) is 4.98 Å². The highest BCUT2D eigenvalue weighted by atomic mass is 35.5. The number of rotatable bonds is 2. The monoisotopic (exact) mass is 278 g/mol. The normalized spacial score (nSPS) is 13.1. The molecule has 2 N–H and O–H groups in total. The summed E-state index contributed by atoms with van der Waals surface area (Å²) in [4.78, 5) is 5.19. The number of aromatic nitrogens is 1. The first-order chi connectivity index (χ1) is 8.65. The van der Waals surface area contributed by atoms with E-state index in [2.05, 4.69) is 4.98 Å². The van der Waals surface area contributed by atoms with Gasteiger partial charge in [-0.2, -0.15) is 0 Å². The van der Waals surface area contributed by atoms with Gasteiger partial charge in [0, 0.05) is 16.5 Å². The van der Waals surface area contributed by atoms with E-state index in [1.807, 2.05) is 25.1 Å². The Balaban J connectivity index is 2.06. The maximum absolute atomic E-state index is 6.18. The summed E-state index contributed by atoms with van der Waals surface area (Å²) < 4.78 is 5.75. The first-order valence-corrected chi connectivity index (χ1v) is 6.70. The van der Waals surface area contributed by atoms with Crippen molar-refractivity contribution in [3.05, 3.63) is 51.1 Å². The van der Waals surface area contributed by atoms with Gasteiger partial charge in [-0.1, -0.05) is 23.7 Å². The van der Waals surface area contributed by atoms with E-state index in [9.17, 15) is 0 Å². The maximum Gasteiger partial charge on any atom is 0.152 e. The number of hydrogen-bond donors (Lipinski definition) is 1. The van der Waals surface area contributed by atoms with Crippen molar-refractivity contribution in [3.63, 3.8) is 0 Å². The minimum absolute atomic E-state index is 0.292. The van der Waals surface area contributed by atoms with Crippen LogP contribution in [-0.2, 0) is 0 Å². The molecular weight excluding hydrogens is 268 g/mol. The van der Waals surface area contributed by atoms with E-state index in [0.29, 0.717) is 16.4 Å². The standard InChI is InChI=1S/C13H11ClN2OS/c1-7-16-6-11(18-7)12(15)10-5-8-3-2-4-9(14)13(8)17-10/h2-6,12H,15H2,1H3. The lowest BCUT2D eigenvalue weighted by Crippen LogP contribution is -2.08. The Morgan fingerprint density at radius 2 is 2.28 bits per heavy atom. The first kappa shape index (κ1) is 11.7. The second-order valence-electron chi connectivity index (χ2n) is 4.07. The molecule has 0 aliphatic heterocycles. The van der Waals surface area contributed by atoms with Gasteiger partial charge in [-0.05, 0) is 19.1 Å². The van der Waals surface area contributed by atoms with Gasteiger partial charge in [-0.3, -0.25) is 0 Å². The number of aryl methyl sites for hydroxylation is 1. The Bertz CT molecular complexity index is 704. The SMILES string of the molecule is Cc1ncc(C(N)c2cc3cccc(Cl)c3o2)s1. The number of thiazole rings is 1. The Kier molecular flexibility index (Phi) is 2.86. The molecule has 92 valence electrons. The molecule has 3 aromatic rings. The molecule has 2 aromatic heterocycles. The molecular formula is C13H11ClN2OS. The molecule has 2 heterocycles. The third-order valence-electron chi connectivity index (χ3n) is 2.77. The third-order valence-corrected chi connectivity index (χ3v) is 4.06. The number of fused-ring (bicyclic) bond motifs is 1. The molecule has 1 atom stereocenters. The Morgan fingerprint density at radius 1 is 1.44 bits per heavy atom. The van der Waals surface area contributed by atoms with Gasteiger partial charge in [0.15, 0.2) is 5.58 Å². The smallest absolute Gasteiger partial charge is 0.152 e. The summed E-state index contributed by atoms with van der Waals surface area (Å²) in [6.07, 6.45) is 1.79. The zero-order chi connectivity index (χ0) is 12.7. The summed E-state index contributed by atoms with van der Waals surface area (Å²) in [5.41, 5.74) is 6.86. The fourth-order valence-electron chi connectivity index (χ4n) is 1.86. The van der Waals surface area contributed by atoms with Crippen molar-refractivity contribution in [1.29, 1.82) is 0 Å². The van der Waals surface area contributed by atoms with Crippen LogP contribution in [0.5, 0.6) is 0 Å². The number of nitrogens with two attached hydrogens (primary N) is 1. The zero-order valence-corrected chi connectivity index (χ0v) is 11.3. The van der Waals surface area contributed by atoms with Crippen molar-refractivity contribution >= 4 is 33.9 Å². The van der Waals surface area contributed by atoms with Crippen LogP contribution in [0.3, 0.4) is 0 Å². The Hall–Kier alpha value is -1.36. The van der Waals surface area contributed by atoms with Crippen LogP contribution in [-0.4, -0.2) is 4.98 Å². The van der Waals surface area contributed by atoms with Crippen molar-refractivity contribution in [2.24, 2.45) is 5.73 Å². The van der Waals surface area contributed by atoms with Crippen LogP contribution in [0.2, 0.25) is 5.02 Å². The van der Waals surface area contributed by atoms with Crippen molar-refractivity contribution in [2.75, 3.05) is 0 Å². The molecule has 0 amide bonds. The van der Waals surface area contributed by atoms with Crippen molar-refractivity contribution in [3.8, 4) is 0 Å². The number of nitrogens with zero attached hydrogens (tertiary/aromatic N) is 1. The van der Waals surface area contributed by atoms with E-state index < -0.39 is 0 Å². The van der Waals surface area contributed by atoms with Gasteiger partial charge in [-0.25, -0.2) is 4.98 Å². The fourth-order valence-corrected chi connectivity index (χ4v) is 2.88. The number of para-hydroxylation sites is 1. The van der Waals surface area contributed by atoms with Crippen LogP contribution in [0.15, 0.2) is 34.9 Å². The zero-order valence-electron chi connectivity index (χ0n) is 9.68. The predicted molar refractivity (Wildman–Crippen MR) is 74.1 cm³/mol. The van der Waals surface area contributed by atoms with Crippen LogP contribution >= 0.6 is 22.9 Å². The van der Waals surface area contributed by atoms with Gasteiger partial charge in [0.05, 0.1) is 16.1 Å². The van der Waals surface area contributed by atoms with Crippen LogP contribution < -0.4 is 5.73 Å². The quantitative estimate of drug-likeness (QED) is 0.773. The number of halogens is 1. The first-order valence-electron chi connectivity index (χ1n) is 5.51. The molecule has 0 aliphatic carbocycles. The average molecular weight is 279 g/mol. The fraction of sp³-hybridized carbons (Fsp3) is 0.154. The average Bonchev–Trinajstić information content (AvgIpc) is 2.95. The molecule has 0 aliphatic rings. The largest absolute Gasteiger partial charge is 0.457 e. The lowest BCUT2D eigenvalue weighted by molar-refractivity contribution is 0.527. The lowest BCUT2D eigenvalue weighted by atomic mass is 10.2. The van der Waals surface area contributed by atoms with Crippen molar-refractivity contribution in [2.45, 2.75) is 13.0 Å². The maximum atomic E-state index is 6.18. The highest BCUT2D eigenvalue weighted by Crippen LogP contribution is 2.32. The van der Waals surface area contributed by atoms with E-state index in [0.717, 1.165) is 15.3 Å². The predicted octanol–water partition coefficient (Wildman–Crippen LogP) is 3.90. The Morgan fingerprint density at radius 3 is 2.94 bits per heavy atom. The van der Waals surface area contributed by atoms with E-state index in [-0.39, 0.29) is 6.04 Å². The molecule has 3 rings (SSSR count). The number of benzene rings is 1. The molecule has 1 aromatic carbocycles. The van der Waals surface area contributed by atoms with Gasteiger partial charge in [0.25, 0.3) is 0 Å². The number of hydrogen-bond acceptors (Lipinski definition) is 4. The van der Waals surface area contributed by atoms with Gasteiger partial charge >= 0.3 is 0 Å². The van der Waals surface area contributed by atoms with Crippen LogP contribution in [0.1, 0.15) is 21.7 Å². The molecule has 5 heteroatoms. The summed E-state index contributed by atoms with van der Waals surface area (Å²) in [7, 11) is 0. The van der Waals surface area contributed by atoms with E-state index in [1.54, 1.807) is 23.6 Å². The van der Waals surface area contributed by atoms with Gasteiger partial charge < -0.3 is 10.2 Å². The van der Waals surface area contributed by atoms with Gasteiger partial charge in [0.1, 0.15) is 5.76 Å². The Labute approximate surface area is 113 Å². The molecule has 0 radical (unpaired) electrons. The molecule has 18 heavy (non-hydrogen) atoms. The molecule has 0 spiro atoms. The second-order valence-corrected chi connectivity index (χ2v) is 5.74. The second kappa shape index (κ2) is 4.39. The van der Waals surface area contributed by atoms with Crippen LogP contribution in [0.4, 0.5) is 0 Å². The van der Waals surface area contributed by atoms with Crippen molar-refractivity contribution < 1.29 is 4.42 Å². The lowest BCUT2D eigenvalue weighted by Gasteiger charge is -2.03. The molecule has 0 saturated carbocycles. The van der Waals surface area contributed by atoms with E-state index in [4.69, 9.17) is 21.8 Å². The summed E-state index contributed by atoms with van der Waals surface area (Å²) in [6, 6.07) is 7.30. The molecule has 0 saturated heterocycles.